The Kier molecular flexibility index (Phi) is 11.9. The smallest absolute Gasteiger partial charge is 0.548 e. The quantitative estimate of drug-likeness (QED) is 0.395. The van der Waals surface area contributed by atoms with Crippen molar-refractivity contribution in [3.63, 3.8) is 0 Å². The van der Waals surface area contributed by atoms with Crippen molar-refractivity contribution >= 4 is 23.6 Å². The Morgan fingerprint density at radius 1 is 0.946 bits per heavy atom. The number of hydrogen-bond donors (Lipinski definition) is 1. The fraction of sp³-hybridized carbons (Fsp3) is 0.310. The number of carboxylic acid groups (broad SMARTS) is 1. The summed E-state index contributed by atoms with van der Waals surface area (Å²) in [6, 6.07) is 15.6. The summed E-state index contributed by atoms with van der Waals surface area (Å²) in [4.78, 5) is 24.8. The van der Waals surface area contributed by atoms with Crippen LogP contribution in [0.15, 0.2) is 60.7 Å². The van der Waals surface area contributed by atoms with Crippen LogP contribution in [0.2, 0.25) is 0 Å². The second-order valence-corrected chi connectivity index (χ2v) is 10.1. The van der Waals surface area contributed by atoms with Gasteiger partial charge < -0.3 is 15.2 Å². The SMILES string of the molecule is CSCCC(NC(=O)c1ccc(CC(C)Cc2cc(F)cc(F)c2)cc1-c1ccccc1C)C(=O)[O-].[Li+]. The topological polar surface area (TPSA) is 69.2 Å². The van der Waals surface area contributed by atoms with Crippen LogP contribution >= 0.6 is 11.8 Å². The molecule has 3 rings (SSSR count). The van der Waals surface area contributed by atoms with Gasteiger partial charge in [-0.2, -0.15) is 11.8 Å². The molecule has 1 N–H and O–H groups in total. The maximum absolute atomic E-state index is 13.6. The van der Waals surface area contributed by atoms with Gasteiger partial charge in [-0.05, 0) is 90.1 Å². The van der Waals surface area contributed by atoms with E-state index < -0.39 is 29.6 Å². The standard InChI is InChI=1S/C29H31F2NO3S.Li/c1-18(13-21-14-22(30)17-23(31)15-21)12-20-8-9-25(26(16-20)24-7-5-4-6-19(24)2)28(33)32-27(29(34)35)10-11-36-3;/h4-9,14-18,27H,10-13H2,1-3H3,(H,32,33)(H,34,35);/q;+1/p-1. The molecule has 3 aromatic carbocycles. The van der Waals surface area contributed by atoms with Crippen LogP contribution in [0, 0.1) is 24.5 Å². The number of hydrogen-bond acceptors (Lipinski definition) is 4. The predicted octanol–water partition coefficient (Wildman–Crippen LogP) is 1.97. The Labute approximate surface area is 233 Å². The van der Waals surface area contributed by atoms with Crippen molar-refractivity contribution in [1.82, 2.24) is 5.32 Å². The first-order valence-corrected chi connectivity index (χ1v) is 13.2. The minimum absolute atomic E-state index is 0. The molecule has 0 aromatic heterocycles. The molecule has 190 valence electrons. The number of halogens is 2. The van der Waals surface area contributed by atoms with Gasteiger partial charge in [0.15, 0.2) is 0 Å². The van der Waals surface area contributed by atoms with Crippen LogP contribution in [-0.4, -0.2) is 29.9 Å². The van der Waals surface area contributed by atoms with Crippen LogP contribution in [-0.2, 0) is 17.6 Å². The number of aliphatic carboxylic acids is 1. The van der Waals surface area contributed by atoms with Crippen LogP contribution in [0.5, 0.6) is 0 Å². The number of carbonyl (C=O) groups is 2. The minimum atomic E-state index is -1.31. The van der Waals surface area contributed by atoms with E-state index >= 15 is 0 Å². The zero-order chi connectivity index (χ0) is 26.2. The van der Waals surface area contributed by atoms with E-state index in [0.717, 1.165) is 22.8 Å². The van der Waals surface area contributed by atoms with Crippen molar-refractivity contribution in [2.24, 2.45) is 5.92 Å². The molecule has 0 fully saturated rings. The second-order valence-electron chi connectivity index (χ2n) is 9.11. The molecular formula is C29H30F2LiNO3S. The van der Waals surface area contributed by atoms with Gasteiger partial charge in [-0.25, -0.2) is 8.78 Å². The van der Waals surface area contributed by atoms with E-state index in [1.165, 1.54) is 23.9 Å². The van der Waals surface area contributed by atoms with Crippen LogP contribution in [0.3, 0.4) is 0 Å². The van der Waals surface area contributed by atoms with Crippen molar-refractivity contribution in [2.75, 3.05) is 12.0 Å². The van der Waals surface area contributed by atoms with Gasteiger partial charge in [0, 0.05) is 11.6 Å². The number of rotatable bonds is 11. The van der Waals surface area contributed by atoms with Crippen LogP contribution < -0.4 is 29.3 Å². The molecular weight excluding hydrogens is 487 g/mol. The van der Waals surface area contributed by atoms with Crippen molar-refractivity contribution in [2.45, 2.75) is 39.2 Å². The molecule has 1 amide bonds. The van der Waals surface area contributed by atoms with Gasteiger partial charge in [0.2, 0.25) is 0 Å². The molecule has 0 radical (unpaired) electrons. The fourth-order valence-electron chi connectivity index (χ4n) is 4.34. The summed E-state index contributed by atoms with van der Waals surface area (Å²) in [5.41, 5.74) is 4.49. The Bertz CT molecular complexity index is 1220. The number of carboxylic acids is 1. The van der Waals surface area contributed by atoms with E-state index in [2.05, 4.69) is 5.32 Å². The normalized spacial score (nSPS) is 12.4. The average Bonchev–Trinajstić information content (AvgIpc) is 2.81. The second kappa shape index (κ2) is 14.4. The molecule has 0 aliphatic rings. The van der Waals surface area contributed by atoms with Crippen molar-refractivity contribution in [3.8, 4) is 11.1 Å². The Balaban J connectivity index is 0.00000481. The van der Waals surface area contributed by atoms with Gasteiger partial charge in [-0.1, -0.05) is 43.3 Å². The molecule has 0 aliphatic carbocycles. The molecule has 37 heavy (non-hydrogen) atoms. The number of aryl methyl sites for hydroxylation is 1. The number of nitrogens with one attached hydrogen (secondary N) is 1. The average molecular weight is 518 g/mol. The fourth-order valence-corrected chi connectivity index (χ4v) is 4.81. The number of carbonyl (C=O) groups excluding carboxylic acids is 2. The molecule has 0 aliphatic heterocycles. The van der Waals surface area contributed by atoms with Gasteiger partial charge >= 0.3 is 18.9 Å². The van der Waals surface area contributed by atoms with Crippen molar-refractivity contribution < 1.29 is 42.3 Å². The van der Waals surface area contributed by atoms with E-state index in [9.17, 15) is 23.5 Å². The Morgan fingerprint density at radius 2 is 1.59 bits per heavy atom. The van der Waals surface area contributed by atoms with E-state index in [0.29, 0.717) is 35.3 Å². The number of amides is 1. The van der Waals surface area contributed by atoms with Crippen LogP contribution in [0.25, 0.3) is 11.1 Å². The Hall–Kier alpha value is -2.59. The molecule has 0 heterocycles. The van der Waals surface area contributed by atoms with Gasteiger partial charge in [-0.3, -0.25) is 4.79 Å². The zero-order valence-corrected chi connectivity index (χ0v) is 22.5. The van der Waals surface area contributed by atoms with E-state index in [1.54, 1.807) is 6.07 Å². The monoisotopic (exact) mass is 517 g/mol. The van der Waals surface area contributed by atoms with E-state index in [1.807, 2.05) is 56.5 Å². The molecule has 0 saturated carbocycles. The maximum Gasteiger partial charge on any atom is 1.00 e. The number of thioether (sulfide) groups is 1. The van der Waals surface area contributed by atoms with E-state index in [-0.39, 0.29) is 31.2 Å². The summed E-state index contributed by atoms with van der Waals surface area (Å²) >= 11 is 1.50. The van der Waals surface area contributed by atoms with Crippen LogP contribution in [0.4, 0.5) is 8.78 Å². The summed E-state index contributed by atoms with van der Waals surface area (Å²) in [6.07, 6.45) is 3.27. The molecule has 0 bridgehead atoms. The molecule has 2 atom stereocenters. The Morgan fingerprint density at radius 3 is 2.22 bits per heavy atom. The molecule has 0 saturated heterocycles. The maximum atomic E-state index is 13.6. The number of benzene rings is 3. The van der Waals surface area contributed by atoms with Gasteiger partial charge in [0.05, 0.1) is 12.0 Å². The third kappa shape index (κ3) is 8.74. The molecule has 4 nitrogen and oxygen atoms in total. The van der Waals surface area contributed by atoms with E-state index in [4.69, 9.17) is 0 Å². The zero-order valence-electron chi connectivity index (χ0n) is 21.6. The van der Waals surface area contributed by atoms with Gasteiger partial charge in [0.1, 0.15) is 11.6 Å². The summed E-state index contributed by atoms with van der Waals surface area (Å²) in [5.74, 6) is -2.31. The predicted molar refractivity (Wildman–Crippen MR) is 139 cm³/mol. The minimum Gasteiger partial charge on any atom is -0.548 e. The molecule has 2 unspecified atom stereocenters. The molecule has 3 aromatic rings. The third-order valence-corrected chi connectivity index (χ3v) is 6.70. The van der Waals surface area contributed by atoms with Crippen LogP contribution in [0.1, 0.15) is 40.4 Å². The summed E-state index contributed by atoms with van der Waals surface area (Å²) in [5, 5.41) is 14.2. The summed E-state index contributed by atoms with van der Waals surface area (Å²) in [7, 11) is 0. The molecule has 8 heteroatoms. The third-order valence-electron chi connectivity index (χ3n) is 6.06. The first-order chi connectivity index (χ1) is 17.2. The van der Waals surface area contributed by atoms with Gasteiger partial charge in [0.25, 0.3) is 5.91 Å². The van der Waals surface area contributed by atoms with Gasteiger partial charge in [-0.15, -0.1) is 0 Å². The molecule has 0 spiro atoms. The summed E-state index contributed by atoms with van der Waals surface area (Å²) < 4.78 is 27.2. The first-order valence-electron chi connectivity index (χ1n) is 11.8. The largest absolute Gasteiger partial charge is 1.00 e. The van der Waals surface area contributed by atoms with Crippen molar-refractivity contribution in [1.29, 1.82) is 0 Å². The van der Waals surface area contributed by atoms with Crippen molar-refractivity contribution in [3.05, 3.63) is 94.6 Å². The summed E-state index contributed by atoms with van der Waals surface area (Å²) in [6.45, 7) is 3.96. The first kappa shape index (κ1) is 30.6.